The molecule has 0 saturated heterocycles. The summed E-state index contributed by atoms with van der Waals surface area (Å²) in [5.74, 6) is 0. The Morgan fingerprint density at radius 3 is 1.78 bits per heavy atom. The van der Waals surface area contributed by atoms with Gasteiger partial charge in [-0.05, 0) is 114 Å². The first-order chi connectivity index (χ1) is 31.3. The van der Waals surface area contributed by atoms with Gasteiger partial charge in [0, 0.05) is 27.6 Å². The van der Waals surface area contributed by atoms with Crippen molar-refractivity contribution in [1.29, 1.82) is 0 Å². The maximum Gasteiger partial charge on any atom is 0.0781 e. The number of benzene rings is 10. The van der Waals surface area contributed by atoms with Crippen molar-refractivity contribution in [2.45, 2.75) is 38.5 Å². The molecule has 1 aliphatic carbocycles. The summed E-state index contributed by atoms with van der Waals surface area (Å²) in [7, 11) is 0. The highest BCUT2D eigenvalue weighted by molar-refractivity contribution is 6.09. The Balaban J connectivity index is 1.16. The number of para-hydroxylation sites is 1. The Bertz CT molecular complexity index is 3460. The quantitative estimate of drug-likeness (QED) is 0.165. The molecule has 0 spiro atoms. The second kappa shape index (κ2) is 14.4. The van der Waals surface area contributed by atoms with E-state index in [4.69, 9.17) is 0 Å². The molecule has 306 valence electrons. The molecule has 0 saturated carbocycles. The van der Waals surface area contributed by atoms with E-state index in [1.54, 1.807) is 0 Å². The van der Waals surface area contributed by atoms with Crippen LogP contribution < -0.4 is 9.80 Å². The highest BCUT2D eigenvalue weighted by atomic mass is 15.2. The predicted molar refractivity (Wildman–Crippen MR) is 271 cm³/mol. The standard InChI is InChI=1S/C62H48N2/c1-61(2)53-29-13-12-27-51(53)52-35-34-47(40-56(52)61)63(46-24-16-23-44(38-46)41-18-6-5-7-19-41)58-37-33-43-21-9-11-26-50(43)60(58)64-57-31-15-14-30-54(57)62(3,4)55-36-32-45(39-59(55)64)49-28-17-22-42-20-8-10-25-48(42)49/h5-40H,1-4H3. The Morgan fingerprint density at radius 2 is 0.938 bits per heavy atom. The van der Waals surface area contributed by atoms with Crippen molar-refractivity contribution in [3.05, 3.63) is 241 Å². The van der Waals surface area contributed by atoms with Crippen LogP contribution in [0.4, 0.5) is 34.1 Å². The molecule has 10 aromatic carbocycles. The van der Waals surface area contributed by atoms with Gasteiger partial charge in [-0.25, -0.2) is 0 Å². The van der Waals surface area contributed by atoms with Crippen molar-refractivity contribution < 1.29 is 0 Å². The van der Waals surface area contributed by atoms with Crippen molar-refractivity contribution in [2.24, 2.45) is 0 Å². The lowest BCUT2D eigenvalue weighted by Gasteiger charge is -2.44. The van der Waals surface area contributed by atoms with Gasteiger partial charge in [0.05, 0.1) is 22.7 Å². The van der Waals surface area contributed by atoms with Gasteiger partial charge >= 0.3 is 0 Å². The normalized spacial score (nSPS) is 14.2. The molecule has 0 amide bonds. The van der Waals surface area contributed by atoms with Crippen LogP contribution in [0.3, 0.4) is 0 Å². The maximum absolute atomic E-state index is 2.59. The Morgan fingerprint density at radius 1 is 0.344 bits per heavy atom. The average molecular weight is 821 g/mol. The van der Waals surface area contributed by atoms with Gasteiger partial charge in [-0.15, -0.1) is 0 Å². The van der Waals surface area contributed by atoms with Gasteiger partial charge < -0.3 is 9.80 Å². The lowest BCUT2D eigenvalue weighted by atomic mass is 9.73. The van der Waals surface area contributed by atoms with E-state index in [1.165, 1.54) is 88.6 Å². The van der Waals surface area contributed by atoms with Crippen LogP contribution in [-0.4, -0.2) is 0 Å². The lowest BCUT2D eigenvalue weighted by Crippen LogP contribution is -2.31. The molecule has 2 aliphatic rings. The van der Waals surface area contributed by atoms with E-state index in [-0.39, 0.29) is 10.8 Å². The van der Waals surface area contributed by atoms with Gasteiger partial charge in [0.1, 0.15) is 0 Å². The van der Waals surface area contributed by atoms with Crippen LogP contribution in [0.1, 0.15) is 49.9 Å². The Labute approximate surface area is 376 Å². The smallest absolute Gasteiger partial charge is 0.0781 e. The van der Waals surface area contributed by atoms with Crippen molar-refractivity contribution in [3.8, 4) is 33.4 Å². The van der Waals surface area contributed by atoms with Crippen LogP contribution in [-0.2, 0) is 10.8 Å². The lowest BCUT2D eigenvalue weighted by molar-refractivity contribution is 0.632. The third kappa shape index (κ3) is 5.79. The summed E-state index contributed by atoms with van der Waals surface area (Å²) in [6.07, 6.45) is 0. The Hall–Kier alpha value is -7.68. The first kappa shape index (κ1) is 38.0. The molecule has 0 bridgehead atoms. The second-order valence-corrected chi connectivity index (χ2v) is 18.5. The fourth-order valence-electron chi connectivity index (χ4n) is 11.0. The Kier molecular flexibility index (Phi) is 8.58. The molecule has 2 heteroatoms. The number of anilines is 6. The number of hydrogen-bond acceptors (Lipinski definition) is 2. The van der Waals surface area contributed by atoms with Crippen molar-refractivity contribution in [3.63, 3.8) is 0 Å². The molecular weight excluding hydrogens is 773 g/mol. The van der Waals surface area contributed by atoms with Crippen molar-refractivity contribution >= 4 is 55.7 Å². The summed E-state index contributed by atoms with van der Waals surface area (Å²) >= 11 is 0. The molecule has 64 heavy (non-hydrogen) atoms. The fourth-order valence-corrected chi connectivity index (χ4v) is 11.0. The average Bonchev–Trinajstić information content (AvgIpc) is 3.57. The summed E-state index contributed by atoms with van der Waals surface area (Å²) in [5, 5.41) is 4.88. The van der Waals surface area contributed by atoms with E-state index in [9.17, 15) is 0 Å². The van der Waals surface area contributed by atoms with E-state index >= 15 is 0 Å². The van der Waals surface area contributed by atoms with Crippen LogP contribution in [0.15, 0.2) is 218 Å². The minimum Gasteiger partial charge on any atom is -0.308 e. The monoisotopic (exact) mass is 820 g/mol. The largest absolute Gasteiger partial charge is 0.308 e. The van der Waals surface area contributed by atoms with Gasteiger partial charge in [-0.1, -0.05) is 204 Å². The van der Waals surface area contributed by atoms with Crippen LogP contribution >= 0.6 is 0 Å². The fraction of sp³-hybridized carbons (Fsp3) is 0.0968. The highest BCUT2D eigenvalue weighted by Crippen LogP contribution is 2.58. The number of nitrogens with zero attached hydrogens (tertiary/aromatic N) is 2. The predicted octanol–water partition coefficient (Wildman–Crippen LogP) is 17.2. The van der Waals surface area contributed by atoms with Gasteiger partial charge in [0.2, 0.25) is 0 Å². The van der Waals surface area contributed by atoms with E-state index in [0.717, 1.165) is 22.7 Å². The summed E-state index contributed by atoms with van der Waals surface area (Å²) in [6, 6.07) is 81.2. The van der Waals surface area contributed by atoms with E-state index < -0.39 is 0 Å². The van der Waals surface area contributed by atoms with Crippen LogP contribution in [0.25, 0.3) is 54.9 Å². The van der Waals surface area contributed by atoms with Crippen molar-refractivity contribution in [2.75, 3.05) is 9.80 Å². The van der Waals surface area contributed by atoms with Gasteiger partial charge in [0.25, 0.3) is 0 Å². The third-order valence-corrected chi connectivity index (χ3v) is 14.2. The van der Waals surface area contributed by atoms with Gasteiger partial charge in [-0.2, -0.15) is 0 Å². The minimum absolute atomic E-state index is 0.167. The first-order valence-corrected chi connectivity index (χ1v) is 22.5. The molecule has 2 nitrogen and oxygen atoms in total. The summed E-state index contributed by atoms with van der Waals surface area (Å²) in [5.41, 5.74) is 19.2. The molecule has 0 atom stereocenters. The minimum atomic E-state index is -0.255. The van der Waals surface area contributed by atoms with E-state index in [1.807, 2.05) is 0 Å². The van der Waals surface area contributed by atoms with Crippen LogP contribution in [0.5, 0.6) is 0 Å². The van der Waals surface area contributed by atoms with E-state index in [2.05, 4.69) is 256 Å². The number of rotatable bonds is 6. The molecule has 0 radical (unpaired) electrons. The zero-order valence-corrected chi connectivity index (χ0v) is 36.7. The molecule has 12 rings (SSSR count). The highest BCUT2D eigenvalue weighted by Gasteiger charge is 2.40. The molecule has 0 N–H and O–H groups in total. The van der Waals surface area contributed by atoms with Gasteiger partial charge in [0.15, 0.2) is 0 Å². The maximum atomic E-state index is 2.59. The summed E-state index contributed by atoms with van der Waals surface area (Å²) in [6.45, 7) is 9.52. The molecule has 0 aromatic heterocycles. The van der Waals surface area contributed by atoms with Crippen LogP contribution in [0.2, 0.25) is 0 Å². The number of fused-ring (bicyclic) bond motifs is 7. The molecular formula is C62H48N2. The topological polar surface area (TPSA) is 6.48 Å². The zero-order chi connectivity index (χ0) is 43.2. The molecule has 0 unspecified atom stereocenters. The zero-order valence-electron chi connectivity index (χ0n) is 36.7. The number of hydrogen-bond donors (Lipinski definition) is 0. The summed E-state index contributed by atoms with van der Waals surface area (Å²) in [4.78, 5) is 5.10. The third-order valence-electron chi connectivity index (χ3n) is 14.2. The van der Waals surface area contributed by atoms with Gasteiger partial charge in [-0.3, -0.25) is 0 Å². The molecule has 0 fully saturated rings. The molecule has 10 aromatic rings. The first-order valence-electron chi connectivity index (χ1n) is 22.5. The summed E-state index contributed by atoms with van der Waals surface area (Å²) < 4.78 is 0. The SMILES string of the molecule is CC1(C)c2ccccc2-c2ccc(N(c3cccc(-c4ccccc4)c3)c3ccc4ccccc4c3N3c4ccccc4C(C)(C)c4ccc(-c5cccc6ccccc56)cc43)cc21. The molecule has 1 aliphatic heterocycles. The molecule has 1 heterocycles. The van der Waals surface area contributed by atoms with E-state index in [0.29, 0.717) is 0 Å². The van der Waals surface area contributed by atoms with Crippen molar-refractivity contribution in [1.82, 2.24) is 0 Å². The second-order valence-electron chi connectivity index (χ2n) is 18.5. The van der Waals surface area contributed by atoms with Crippen LogP contribution in [0, 0.1) is 0 Å².